The van der Waals surface area contributed by atoms with E-state index in [1.165, 1.54) is 0 Å². The lowest BCUT2D eigenvalue weighted by Gasteiger charge is -2.15. The van der Waals surface area contributed by atoms with Crippen LogP contribution in [0.4, 0.5) is 0 Å². The van der Waals surface area contributed by atoms with E-state index in [4.69, 9.17) is 0 Å². The monoisotopic (exact) mass is 232 g/mol. The number of para-hydroxylation sites is 1. The number of rotatable bonds is 5. The summed E-state index contributed by atoms with van der Waals surface area (Å²) in [4.78, 5) is 0. The fourth-order valence-corrected chi connectivity index (χ4v) is 1.71. The Labute approximate surface area is 100 Å². The molecule has 0 bridgehead atoms. The van der Waals surface area contributed by atoms with Crippen LogP contribution in [0.15, 0.2) is 36.7 Å². The van der Waals surface area contributed by atoms with Crippen LogP contribution in [0.3, 0.4) is 0 Å². The Bertz CT molecular complexity index is 455. The number of hydrogen-bond acceptors (Lipinski definition) is 4. The third-order valence-electron chi connectivity index (χ3n) is 2.67. The molecule has 1 heterocycles. The summed E-state index contributed by atoms with van der Waals surface area (Å²) >= 11 is 0. The minimum Gasteiger partial charge on any atom is -0.508 e. The molecule has 0 radical (unpaired) electrons. The molecule has 0 saturated heterocycles. The fraction of sp³-hybridized carbons (Fsp3) is 0.333. The van der Waals surface area contributed by atoms with Crippen LogP contribution in [0.25, 0.3) is 0 Å². The van der Waals surface area contributed by atoms with E-state index < -0.39 is 0 Å². The van der Waals surface area contributed by atoms with Crippen LogP contribution in [0.5, 0.6) is 5.75 Å². The Kier molecular flexibility index (Phi) is 3.72. The zero-order chi connectivity index (χ0) is 12.1. The maximum atomic E-state index is 9.70. The van der Waals surface area contributed by atoms with Gasteiger partial charge in [0.15, 0.2) is 0 Å². The van der Waals surface area contributed by atoms with Crippen LogP contribution in [0.2, 0.25) is 0 Å². The van der Waals surface area contributed by atoms with Crippen LogP contribution in [0, 0.1) is 0 Å². The van der Waals surface area contributed by atoms with Gasteiger partial charge in [0, 0.05) is 24.3 Å². The lowest BCUT2D eigenvalue weighted by Crippen LogP contribution is -2.23. The molecule has 0 aliphatic carbocycles. The number of phenolic OH excluding ortho intramolecular Hbond substituents is 1. The number of benzene rings is 1. The molecule has 5 nitrogen and oxygen atoms in total. The SMILES string of the molecule is CC(NCCn1ccnn1)c1ccccc1O. The second-order valence-corrected chi connectivity index (χ2v) is 3.90. The molecule has 1 unspecified atom stereocenters. The second-order valence-electron chi connectivity index (χ2n) is 3.90. The van der Waals surface area contributed by atoms with Gasteiger partial charge in [-0.05, 0) is 13.0 Å². The van der Waals surface area contributed by atoms with Gasteiger partial charge < -0.3 is 10.4 Å². The van der Waals surface area contributed by atoms with E-state index in [0.29, 0.717) is 5.75 Å². The van der Waals surface area contributed by atoms with Crippen LogP contribution in [0.1, 0.15) is 18.5 Å². The molecule has 1 aromatic heterocycles. The highest BCUT2D eigenvalue weighted by atomic mass is 16.3. The first-order valence-electron chi connectivity index (χ1n) is 5.63. The average molecular weight is 232 g/mol. The lowest BCUT2D eigenvalue weighted by molar-refractivity contribution is 0.445. The summed E-state index contributed by atoms with van der Waals surface area (Å²) in [7, 11) is 0. The number of nitrogens with zero attached hydrogens (tertiary/aromatic N) is 3. The molecule has 0 spiro atoms. The van der Waals surface area contributed by atoms with Crippen molar-refractivity contribution in [1.29, 1.82) is 0 Å². The Balaban J connectivity index is 1.85. The molecule has 2 N–H and O–H groups in total. The van der Waals surface area contributed by atoms with Gasteiger partial charge in [0.1, 0.15) is 5.75 Å². The minimum atomic E-state index is 0.111. The van der Waals surface area contributed by atoms with Crippen LogP contribution < -0.4 is 5.32 Å². The molecule has 2 rings (SSSR count). The molecule has 2 aromatic rings. The number of aromatic hydroxyl groups is 1. The van der Waals surface area contributed by atoms with E-state index in [0.717, 1.165) is 18.7 Å². The normalized spacial score (nSPS) is 12.5. The van der Waals surface area contributed by atoms with Crippen molar-refractivity contribution in [2.24, 2.45) is 0 Å². The lowest BCUT2D eigenvalue weighted by atomic mass is 10.1. The topological polar surface area (TPSA) is 63.0 Å². The van der Waals surface area contributed by atoms with Crippen LogP contribution >= 0.6 is 0 Å². The largest absolute Gasteiger partial charge is 0.508 e. The summed E-state index contributed by atoms with van der Waals surface area (Å²) in [5.41, 5.74) is 0.908. The van der Waals surface area contributed by atoms with Crippen molar-refractivity contribution < 1.29 is 5.11 Å². The highest BCUT2D eigenvalue weighted by Crippen LogP contribution is 2.22. The quantitative estimate of drug-likeness (QED) is 0.816. The third-order valence-corrected chi connectivity index (χ3v) is 2.67. The number of aromatic nitrogens is 3. The molecular weight excluding hydrogens is 216 g/mol. The summed E-state index contributed by atoms with van der Waals surface area (Å²) in [5, 5.41) is 20.6. The van der Waals surface area contributed by atoms with E-state index in [1.807, 2.05) is 31.3 Å². The molecule has 90 valence electrons. The summed E-state index contributed by atoms with van der Waals surface area (Å²) in [6.07, 6.45) is 3.48. The molecule has 0 fully saturated rings. The fourth-order valence-electron chi connectivity index (χ4n) is 1.71. The standard InChI is InChI=1S/C12H16N4O/c1-10(11-4-2-3-5-12(11)17)13-6-8-16-9-7-14-15-16/h2-5,7,9-10,13,17H,6,8H2,1H3. The van der Waals surface area contributed by atoms with Gasteiger partial charge in [-0.2, -0.15) is 0 Å². The maximum Gasteiger partial charge on any atom is 0.120 e. The minimum absolute atomic E-state index is 0.111. The third kappa shape index (κ3) is 3.04. The van der Waals surface area contributed by atoms with E-state index in [1.54, 1.807) is 16.9 Å². The Morgan fingerprint density at radius 1 is 1.41 bits per heavy atom. The molecule has 0 aliphatic heterocycles. The van der Waals surface area contributed by atoms with E-state index >= 15 is 0 Å². The molecule has 17 heavy (non-hydrogen) atoms. The van der Waals surface area contributed by atoms with E-state index in [-0.39, 0.29) is 6.04 Å². The van der Waals surface area contributed by atoms with Crippen molar-refractivity contribution in [3.05, 3.63) is 42.2 Å². The first-order chi connectivity index (χ1) is 8.27. The van der Waals surface area contributed by atoms with Gasteiger partial charge in [-0.3, -0.25) is 4.68 Å². The molecule has 0 saturated carbocycles. The predicted molar refractivity (Wildman–Crippen MR) is 64.5 cm³/mol. The van der Waals surface area contributed by atoms with Crippen molar-refractivity contribution in [2.45, 2.75) is 19.5 Å². The van der Waals surface area contributed by atoms with Gasteiger partial charge >= 0.3 is 0 Å². The second kappa shape index (κ2) is 5.45. The van der Waals surface area contributed by atoms with Crippen molar-refractivity contribution in [1.82, 2.24) is 20.3 Å². The summed E-state index contributed by atoms with van der Waals surface area (Å²) < 4.78 is 1.77. The number of hydrogen-bond donors (Lipinski definition) is 2. The number of phenols is 1. The molecule has 0 amide bonds. The molecule has 1 atom stereocenters. The zero-order valence-corrected chi connectivity index (χ0v) is 9.74. The van der Waals surface area contributed by atoms with Crippen molar-refractivity contribution in [2.75, 3.05) is 6.54 Å². The van der Waals surface area contributed by atoms with E-state index in [2.05, 4.69) is 15.6 Å². The smallest absolute Gasteiger partial charge is 0.120 e. The predicted octanol–water partition coefficient (Wildman–Crippen LogP) is 1.33. The molecule has 0 aliphatic rings. The van der Waals surface area contributed by atoms with Gasteiger partial charge in [0.25, 0.3) is 0 Å². The first-order valence-corrected chi connectivity index (χ1v) is 5.63. The van der Waals surface area contributed by atoms with Crippen molar-refractivity contribution in [3.63, 3.8) is 0 Å². The Morgan fingerprint density at radius 3 is 2.94 bits per heavy atom. The highest BCUT2D eigenvalue weighted by Gasteiger charge is 2.08. The van der Waals surface area contributed by atoms with Crippen LogP contribution in [-0.2, 0) is 6.54 Å². The van der Waals surface area contributed by atoms with Gasteiger partial charge in [0.05, 0.1) is 12.7 Å². The molecule has 1 aromatic carbocycles. The van der Waals surface area contributed by atoms with Crippen LogP contribution in [-0.4, -0.2) is 26.6 Å². The average Bonchev–Trinajstić information content (AvgIpc) is 2.82. The molecule has 5 heteroatoms. The summed E-state index contributed by atoms with van der Waals surface area (Å²) in [5.74, 6) is 0.327. The number of nitrogens with one attached hydrogen (secondary N) is 1. The zero-order valence-electron chi connectivity index (χ0n) is 9.74. The summed E-state index contributed by atoms with van der Waals surface area (Å²) in [6, 6.07) is 7.47. The molecular formula is C12H16N4O. The summed E-state index contributed by atoms with van der Waals surface area (Å²) in [6.45, 7) is 3.56. The van der Waals surface area contributed by atoms with E-state index in [9.17, 15) is 5.11 Å². The van der Waals surface area contributed by atoms with Gasteiger partial charge in [0.2, 0.25) is 0 Å². The van der Waals surface area contributed by atoms with Crippen molar-refractivity contribution in [3.8, 4) is 5.75 Å². The Morgan fingerprint density at radius 2 is 2.24 bits per heavy atom. The highest BCUT2D eigenvalue weighted by molar-refractivity contribution is 5.33. The van der Waals surface area contributed by atoms with Gasteiger partial charge in [-0.1, -0.05) is 23.4 Å². The van der Waals surface area contributed by atoms with Gasteiger partial charge in [-0.25, -0.2) is 0 Å². The van der Waals surface area contributed by atoms with Crippen molar-refractivity contribution >= 4 is 0 Å². The first kappa shape index (κ1) is 11.6. The Hall–Kier alpha value is -1.88. The maximum absolute atomic E-state index is 9.70. The van der Waals surface area contributed by atoms with Gasteiger partial charge in [-0.15, -0.1) is 5.10 Å².